The zero-order valence-electron chi connectivity index (χ0n) is 10.9. The van der Waals surface area contributed by atoms with Crippen LogP contribution in [-0.4, -0.2) is 26.4 Å². The zero-order chi connectivity index (χ0) is 14.3. The van der Waals surface area contributed by atoms with Crippen molar-refractivity contribution in [2.24, 2.45) is 5.92 Å². The topological polar surface area (TPSA) is 72.2 Å². The van der Waals surface area contributed by atoms with Crippen LogP contribution in [0, 0.1) is 5.92 Å². The van der Waals surface area contributed by atoms with Gasteiger partial charge in [-0.15, -0.1) is 11.3 Å². The first-order valence-electron chi connectivity index (χ1n) is 6.40. The van der Waals surface area contributed by atoms with E-state index in [1.54, 1.807) is 10.6 Å². The van der Waals surface area contributed by atoms with E-state index in [2.05, 4.69) is 11.9 Å². The summed E-state index contributed by atoms with van der Waals surface area (Å²) in [4.78, 5) is 27.8. The van der Waals surface area contributed by atoms with Crippen molar-refractivity contribution < 1.29 is 9.90 Å². The van der Waals surface area contributed by atoms with E-state index in [1.807, 2.05) is 5.38 Å². The molecule has 1 aliphatic carbocycles. The van der Waals surface area contributed by atoms with Gasteiger partial charge in [0.25, 0.3) is 5.56 Å². The minimum atomic E-state index is -0.900. The summed E-state index contributed by atoms with van der Waals surface area (Å²) in [6, 6.07) is 1.97. The Hall–Kier alpha value is -1.34. The van der Waals surface area contributed by atoms with Crippen molar-refractivity contribution in [3.05, 3.63) is 21.8 Å². The predicted molar refractivity (Wildman–Crippen MR) is 79.7 cm³/mol. The van der Waals surface area contributed by atoms with E-state index in [0.29, 0.717) is 21.3 Å². The van der Waals surface area contributed by atoms with Crippen molar-refractivity contribution in [3.8, 4) is 0 Å². The van der Waals surface area contributed by atoms with Crippen LogP contribution >= 0.6 is 23.1 Å². The number of hydrogen-bond acceptors (Lipinski definition) is 5. The molecule has 0 amide bonds. The third-order valence-corrected chi connectivity index (χ3v) is 5.35. The van der Waals surface area contributed by atoms with E-state index in [0.717, 1.165) is 24.6 Å². The number of nitrogens with zero attached hydrogens (tertiary/aromatic N) is 2. The fraction of sp³-hybridized carbons (Fsp3) is 0.462. The van der Waals surface area contributed by atoms with Crippen molar-refractivity contribution in [2.75, 3.05) is 5.75 Å². The number of fused-ring (bicyclic) bond motifs is 1. The molecule has 2 heterocycles. The van der Waals surface area contributed by atoms with Crippen LogP contribution in [0.5, 0.6) is 0 Å². The maximum absolute atomic E-state index is 12.6. The van der Waals surface area contributed by atoms with Gasteiger partial charge in [-0.25, -0.2) is 4.98 Å². The standard InChI is InChI=1S/C13H14N2O3S2/c1-7-4-8(5-7)15-12(18)11-9(2-3-19-11)14-13(15)20-6-10(16)17/h2-3,7-8H,4-6H2,1H3,(H,16,17). The second kappa shape index (κ2) is 5.21. The highest BCUT2D eigenvalue weighted by Crippen LogP contribution is 2.38. The minimum Gasteiger partial charge on any atom is -0.481 e. The van der Waals surface area contributed by atoms with E-state index in [-0.39, 0.29) is 17.4 Å². The van der Waals surface area contributed by atoms with E-state index in [9.17, 15) is 9.59 Å². The van der Waals surface area contributed by atoms with Crippen LogP contribution in [0.3, 0.4) is 0 Å². The number of aromatic nitrogens is 2. The molecule has 0 unspecified atom stereocenters. The van der Waals surface area contributed by atoms with Gasteiger partial charge >= 0.3 is 5.97 Å². The van der Waals surface area contributed by atoms with Crippen molar-refractivity contribution in [1.82, 2.24) is 9.55 Å². The maximum atomic E-state index is 12.6. The third kappa shape index (κ3) is 2.35. The van der Waals surface area contributed by atoms with E-state index in [4.69, 9.17) is 5.11 Å². The molecule has 7 heteroatoms. The van der Waals surface area contributed by atoms with Crippen molar-refractivity contribution >= 4 is 39.3 Å². The lowest BCUT2D eigenvalue weighted by molar-refractivity contribution is -0.133. The van der Waals surface area contributed by atoms with Crippen LogP contribution in [0.4, 0.5) is 0 Å². The van der Waals surface area contributed by atoms with Gasteiger partial charge in [0, 0.05) is 6.04 Å². The summed E-state index contributed by atoms with van der Waals surface area (Å²) in [7, 11) is 0. The molecular formula is C13H14N2O3S2. The second-order valence-electron chi connectivity index (χ2n) is 5.12. The number of aliphatic carboxylic acids is 1. The molecule has 0 atom stereocenters. The van der Waals surface area contributed by atoms with Gasteiger partial charge < -0.3 is 5.11 Å². The smallest absolute Gasteiger partial charge is 0.313 e. The lowest BCUT2D eigenvalue weighted by atomic mass is 9.82. The molecule has 0 bridgehead atoms. The largest absolute Gasteiger partial charge is 0.481 e. The number of thioether (sulfide) groups is 1. The number of thiophene rings is 1. The summed E-state index contributed by atoms with van der Waals surface area (Å²) in [5, 5.41) is 11.2. The molecular weight excluding hydrogens is 296 g/mol. The van der Waals surface area contributed by atoms with E-state index >= 15 is 0 Å². The average Bonchev–Trinajstić information content (AvgIpc) is 2.82. The first-order valence-corrected chi connectivity index (χ1v) is 8.27. The molecule has 2 aromatic heterocycles. The Balaban J connectivity index is 2.07. The van der Waals surface area contributed by atoms with Gasteiger partial charge in [-0.3, -0.25) is 14.2 Å². The molecule has 0 spiro atoms. The van der Waals surface area contributed by atoms with Crippen molar-refractivity contribution in [2.45, 2.75) is 31.0 Å². The van der Waals surface area contributed by atoms with Crippen molar-refractivity contribution in [3.63, 3.8) is 0 Å². The number of carboxylic acids is 1. The van der Waals surface area contributed by atoms with Gasteiger partial charge in [0.15, 0.2) is 5.16 Å². The summed E-state index contributed by atoms with van der Waals surface area (Å²) < 4.78 is 2.36. The Morgan fingerprint density at radius 2 is 2.35 bits per heavy atom. The van der Waals surface area contributed by atoms with E-state index < -0.39 is 5.97 Å². The summed E-state index contributed by atoms with van der Waals surface area (Å²) in [6.07, 6.45) is 1.91. The monoisotopic (exact) mass is 310 g/mol. The third-order valence-electron chi connectivity index (χ3n) is 3.52. The quantitative estimate of drug-likeness (QED) is 0.694. The Labute approximate surface area is 123 Å². The summed E-state index contributed by atoms with van der Waals surface area (Å²) in [6.45, 7) is 2.16. The molecule has 1 saturated carbocycles. The summed E-state index contributed by atoms with van der Waals surface area (Å²) in [5.74, 6) is -0.365. The van der Waals surface area contributed by atoms with Gasteiger partial charge in [-0.2, -0.15) is 0 Å². The number of carbonyl (C=O) groups is 1. The first kappa shape index (κ1) is 13.6. The zero-order valence-corrected chi connectivity index (χ0v) is 12.5. The van der Waals surface area contributed by atoms with Crippen LogP contribution in [0.1, 0.15) is 25.8 Å². The Morgan fingerprint density at radius 3 is 3.00 bits per heavy atom. The molecule has 1 N–H and O–H groups in total. The van der Waals surface area contributed by atoms with Gasteiger partial charge in [0.2, 0.25) is 0 Å². The number of rotatable bonds is 4. The lowest BCUT2D eigenvalue weighted by Crippen LogP contribution is -2.34. The molecule has 0 saturated heterocycles. The second-order valence-corrected chi connectivity index (χ2v) is 6.98. The molecule has 5 nitrogen and oxygen atoms in total. The maximum Gasteiger partial charge on any atom is 0.313 e. The highest BCUT2D eigenvalue weighted by Gasteiger charge is 2.30. The van der Waals surface area contributed by atoms with Gasteiger partial charge in [0.05, 0.1) is 11.3 Å². The fourth-order valence-corrected chi connectivity index (χ4v) is 4.08. The molecule has 1 aliphatic rings. The molecule has 0 aliphatic heterocycles. The highest BCUT2D eigenvalue weighted by atomic mass is 32.2. The van der Waals surface area contributed by atoms with Crippen LogP contribution in [0.25, 0.3) is 10.2 Å². The van der Waals surface area contributed by atoms with Crippen LogP contribution in [0.15, 0.2) is 21.4 Å². The van der Waals surface area contributed by atoms with Gasteiger partial charge in [-0.05, 0) is 30.2 Å². The SMILES string of the molecule is CC1CC(n2c(SCC(=O)O)nc3ccsc3c2=O)C1. The minimum absolute atomic E-state index is 0.0326. The van der Waals surface area contributed by atoms with E-state index in [1.165, 1.54) is 11.3 Å². The molecule has 0 radical (unpaired) electrons. The number of hydrogen-bond donors (Lipinski definition) is 1. The molecule has 106 valence electrons. The highest BCUT2D eigenvalue weighted by molar-refractivity contribution is 7.99. The molecule has 2 aromatic rings. The molecule has 1 fully saturated rings. The van der Waals surface area contributed by atoms with Crippen LogP contribution in [-0.2, 0) is 4.79 Å². The number of carboxylic acid groups (broad SMARTS) is 1. The van der Waals surface area contributed by atoms with Crippen LogP contribution < -0.4 is 5.56 Å². The summed E-state index contributed by atoms with van der Waals surface area (Å²) in [5.41, 5.74) is 0.631. The lowest BCUT2D eigenvalue weighted by Gasteiger charge is -2.35. The molecule has 0 aromatic carbocycles. The van der Waals surface area contributed by atoms with Gasteiger partial charge in [-0.1, -0.05) is 18.7 Å². The Morgan fingerprint density at radius 1 is 1.60 bits per heavy atom. The van der Waals surface area contributed by atoms with Crippen LogP contribution in [0.2, 0.25) is 0 Å². The first-order chi connectivity index (χ1) is 9.56. The average molecular weight is 310 g/mol. The Bertz CT molecular complexity index is 716. The van der Waals surface area contributed by atoms with Gasteiger partial charge in [0.1, 0.15) is 4.70 Å². The fourth-order valence-electron chi connectivity index (χ4n) is 2.52. The summed E-state index contributed by atoms with van der Waals surface area (Å²) >= 11 is 2.52. The predicted octanol–water partition coefficient (Wildman–Crippen LogP) is 2.61. The normalized spacial score (nSPS) is 21.9. The molecule has 20 heavy (non-hydrogen) atoms. The molecule has 3 rings (SSSR count). The Kier molecular flexibility index (Phi) is 3.55. The van der Waals surface area contributed by atoms with Crippen molar-refractivity contribution in [1.29, 1.82) is 0 Å².